The van der Waals surface area contributed by atoms with Crippen LogP contribution in [-0.2, 0) is 20.0 Å². The number of pyridine rings is 1. The van der Waals surface area contributed by atoms with Gasteiger partial charge in [0.15, 0.2) is 5.82 Å². The Morgan fingerprint density at radius 3 is 2.61 bits per heavy atom. The van der Waals surface area contributed by atoms with Crippen molar-refractivity contribution in [3.8, 4) is 6.07 Å². The van der Waals surface area contributed by atoms with Gasteiger partial charge in [-0.15, -0.1) is 0 Å². The summed E-state index contributed by atoms with van der Waals surface area (Å²) in [5, 5.41) is 12.7. The lowest BCUT2D eigenvalue weighted by atomic mass is 10.0. The van der Waals surface area contributed by atoms with E-state index in [-0.39, 0.29) is 30.2 Å². The summed E-state index contributed by atoms with van der Waals surface area (Å²) >= 11 is 0. The van der Waals surface area contributed by atoms with Crippen molar-refractivity contribution in [2.75, 3.05) is 23.3 Å². The molecule has 192 valence electrons. The normalized spacial score (nSPS) is 19.6. The zero-order chi connectivity index (χ0) is 26.1. The fourth-order valence-electron chi connectivity index (χ4n) is 5.29. The molecule has 1 fully saturated rings. The van der Waals surface area contributed by atoms with E-state index in [9.17, 15) is 10.1 Å². The number of aryl methyl sites for hydroxylation is 2. The summed E-state index contributed by atoms with van der Waals surface area (Å²) < 4.78 is 3.48. The van der Waals surface area contributed by atoms with E-state index in [0.717, 1.165) is 24.6 Å². The second-order valence-corrected chi connectivity index (χ2v) is 10.1. The predicted octanol–water partition coefficient (Wildman–Crippen LogP) is 3.09. The highest BCUT2D eigenvalue weighted by Crippen LogP contribution is 2.32. The fraction of sp³-hybridized carbons (Fsp3) is 0.577. The van der Waals surface area contributed by atoms with Crippen LogP contribution in [0.25, 0.3) is 11.2 Å². The van der Waals surface area contributed by atoms with E-state index in [2.05, 4.69) is 77.9 Å². The number of hydrogen-bond acceptors (Lipinski definition) is 8. The highest BCUT2D eigenvalue weighted by Gasteiger charge is 2.35. The average molecular weight is 492 g/mol. The maximum absolute atomic E-state index is 12.9. The first-order chi connectivity index (χ1) is 17.2. The molecule has 0 aliphatic carbocycles. The summed E-state index contributed by atoms with van der Waals surface area (Å²) in [7, 11) is 1.72. The van der Waals surface area contributed by atoms with Crippen LogP contribution in [0.1, 0.15) is 59.0 Å². The van der Waals surface area contributed by atoms with Crippen LogP contribution in [0.15, 0.2) is 23.1 Å². The summed E-state index contributed by atoms with van der Waals surface area (Å²) in [6.45, 7) is 15.0. The molecule has 3 atom stereocenters. The summed E-state index contributed by atoms with van der Waals surface area (Å²) in [4.78, 5) is 31.3. The van der Waals surface area contributed by atoms with E-state index >= 15 is 0 Å². The smallest absolute Gasteiger partial charge is 0.350 e. The summed E-state index contributed by atoms with van der Waals surface area (Å²) in [5.74, 6) is 2.16. The number of aromatic nitrogens is 5. The molecule has 1 unspecified atom stereocenters. The van der Waals surface area contributed by atoms with Gasteiger partial charge in [0.2, 0.25) is 0 Å². The monoisotopic (exact) mass is 491 g/mol. The molecule has 0 amide bonds. The van der Waals surface area contributed by atoms with Crippen molar-refractivity contribution in [1.29, 1.82) is 5.26 Å². The maximum Gasteiger partial charge on any atom is 0.350 e. The van der Waals surface area contributed by atoms with E-state index in [1.54, 1.807) is 7.05 Å². The molecule has 0 saturated carbocycles. The standard InChI is InChI=1S/C26H37N9O/c1-8-33-22(9-11-27)30-23-24(31-26(36)32(7)25(23)33)35-15-17(4)34(14-18(35)5)19(6)20-10-12-28-21(13-20)29-16(2)3/h10,12-13,16-19H,8-9,14-15H2,1-7H3,(H,28,29)/t17-,18+,19?/m1/s1. The molecule has 1 saturated heterocycles. The number of piperazine rings is 1. The molecular weight excluding hydrogens is 454 g/mol. The molecule has 0 bridgehead atoms. The highest BCUT2D eigenvalue weighted by atomic mass is 16.1. The minimum atomic E-state index is -0.312. The number of nitrogens with zero attached hydrogens (tertiary/aromatic N) is 8. The van der Waals surface area contributed by atoms with E-state index in [1.165, 1.54) is 10.1 Å². The first-order valence-corrected chi connectivity index (χ1v) is 12.7. The van der Waals surface area contributed by atoms with Gasteiger partial charge in [-0.3, -0.25) is 9.47 Å². The van der Waals surface area contributed by atoms with Gasteiger partial charge in [-0.1, -0.05) is 0 Å². The number of anilines is 2. The molecule has 4 heterocycles. The third-order valence-corrected chi connectivity index (χ3v) is 7.10. The molecule has 1 aliphatic rings. The van der Waals surface area contributed by atoms with Crippen LogP contribution in [0.3, 0.4) is 0 Å². The van der Waals surface area contributed by atoms with Crippen LogP contribution < -0.4 is 15.9 Å². The van der Waals surface area contributed by atoms with Crippen molar-refractivity contribution in [2.45, 2.75) is 78.7 Å². The molecule has 3 aromatic heterocycles. The Labute approximate surface area is 212 Å². The molecule has 10 nitrogen and oxygen atoms in total. The first kappa shape index (κ1) is 25.6. The van der Waals surface area contributed by atoms with Crippen molar-refractivity contribution in [3.63, 3.8) is 0 Å². The summed E-state index contributed by atoms with van der Waals surface area (Å²) in [5.41, 5.74) is 2.31. The zero-order valence-electron chi connectivity index (χ0n) is 22.4. The van der Waals surface area contributed by atoms with Gasteiger partial charge in [0.1, 0.15) is 22.8 Å². The average Bonchev–Trinajstić information content (AvgIpc) is 3.20. The molecule has 0 spiro atoms. The van der Waals surface area contributed by atoms with Gasteiger partial charge in [0.05, 0.1) is 12.5 Å². The maximum atomic E-state index is 12.9. The lowest BCUT2D eigenvalue weighted by Gasteiger charge is -2.47. The van der Waals surface area contributed by atoms with Crippen molar-refractivity contribution < 1.29 is 0 Å². The van der Waals surface area contributed by atoms with Gasteiger partial charge in [-0.25, -0.2) is 14.8 Å². The minimum Gasteiger partial charge on any atom is -0.368 e. The Morgan fingerprint density at radius 2 is 1.94 bits per heavy atom. The summed E-state index contributed by atoms with van der Waals surface area (Å²) in [6, 6.07) is 7.28. The van der Waals surface area contributed by atoms with Crippen molar-refractivity contribution in [2.24, 2.45) is 7.05 Å². The predicted molar refractivity (Wildman–Crippen MR) is 142 cm³/mol. The topological polar surface area (TPSA) is 108 Å². The molecule has 4 rings (SSSR count). The van der Waals surface area contributed by atoms with Crippen molar-refractivity contribution in [3.05, 3.63) is 40.2 Å². The lowest BCUT2D eigenvalue weighted by molar-refractivity contribution is 0.119. The van der Waals surface area contributed by atoms with Crippen LogP contribution in [0.4, 0.5) is 11.6 Å². The van der Waals surface area contributed by atoms with Crippen LogP contribution in [0.5, 0.6) is 0 Å². The largest absolute Gasteiger partial charge is 0.368 e. The SMILES string of the molecule is CCn1c(CC#N)nc2c(N3C[C@@H](C)N(C(C)c4ccnc(NC(C)C)c4)C[C@@H]3C)nc(=O)n(C)c21. The van der Waals surface area contributed by atoms with Crippen molar-refractivity contribution in [1.82, 2.24) is 29.0 Å². The molecule has 0 aromatic carbocycles. The Bertz CT molecular complexity index is 1340. The zero-order valence-corrected chi connectivity index (χ0v) is 22.4. The van der Waals surface area contributed by atoms with Gasteiger partial charge in [0.25, 0.3) is 0 Å². The molecule has 0 radical (unpaired) electrons. The van der Waals surface area contributed by atoms with E-state index in [1.807, 2.05) is 17.7 Å². The van der Waals surface area contributed by atoms with E-state index < -0.39 is 0 Å². The quantitative estimate of drug-likeness (QED) is 0.537. The first-order valence-electron chi connectivity index (χ1n) is 12.7. The molecule has 1 N–H and O–H groups in total. The van der Waals surface area contributed by atoms with Crippen LogP contribution in [0.2, 0.25) is 0 Å². The van der Waals surface area contributed by atoms with Crippen molar-refractivity contribution >= 4 is 22.8 Å². The second-order valence-electron chi connectivity index (χ2n) is 10.1. The molecule has 1 aliphatic heterocycles. The van der Waals surface area contributed by atoms with Crippen LogP contribution in [0, 0.1) is 11.3 Å². The number of imidazole rings is 1. The number of rotatable bonds is 7. The van der Waals surface area contributed by atoms with Crippen LogP contribution >= 0.6 is 0 Å². The number of nitrogens with one attached hydrogen (secondary N) is 1. The Balaban J connectivity index is 1.66. The fourth-order valence-corrected chi connectivity index (χ4v) is 5.29. The van der Waals surface area contributed by atoms with Gasteiger partial charge < -0.3 is 14.8 Å². The highest BCUT2D eigenvalue weighted by molar-refractivity contribution is 5.84. The van der Waals surface area contributed by atoms with E-state index in [0.29, 0.717) is 29.7 Å². The molecule has 3 aromatic rings. The third-order valence-electron chi connectivity index (χ3n) is 7.10. The molecular formula is C26H37N9O. The van der Waals surface area contributed by atoms with Gasteiger partial charge in [0, 0.05) is 57.0 Å². The number of hydrogen-bond donors (Lipinski definition) is 1. The van der Waals surface area contributed by atoms with Crippen LogP contribution in [-0.4, -0.2) is 60.2 Å². The Kier molecular flexibility index (Phi) is 7.31. The minimum absolute atomic E-state index is 0.118. The van der Waals surface area contributed by atoms with Gasteiger partial charge >= 0.3 is 5.69 Å². The van der Waals surface area contributed by atoms with Gasteiger partial charge in [-0.05, 0) is 59.2 Å². The molecule has 36 heavy (non-hydrogen) atoms. The Morgan fingerprint density at radius 1 is 1.19 bits per heavy atom. The number of nitriles is 1. The molecule has 10 heteroatoms. The summed E-state index contributed by atoms with van der Waals surface area (Å²) in [6.07, 6.45) is 2.05. The second kappa shape index (κ2) is 10.3. The Hall–Kier alpha value is -3.45. The van der Waals surface area contributed by atoms with Gasteiger partial charge in [-0.2, -0.15) is 10.2 Å². The lowest BCUT2D eigenvalue weighted by Crippen LogP contribution is -2.57. The van der Waals surface area contributed by atoms with E-state index in [4.69, 9.17) is 4.98 Å². The third kappa shape index (κ3) is 4.67. The number of fused-ring (bicyclic) bond motifs is 1.